The van der Waals surface area contributed by atoms with E-state index < -0.39 is 0 Å². The monoisotopic (exact) mass is 201 g/mol. The van der Waals surface area contributed by atoms with Gasteiger partial charge in [-0.2, -0.15) is 0 Å². The van der Waals surface area contributed by atoms with E-state index in [1.807, 2.05) is 32.1 Å². The molecule has 0 unspecified atom stereocenters. The van der Waals surface area contributed by atoms with E-state index in [1.54, 1.807) is 6.92 Å². The molecule has 1 heterocycles. The molecule has 0 saturated carbocycles. The van der Waals surface area contributed by atoms with E-state index in [4.69, 9.17) is 4.74 Å². The molecule has 0 radical (unpaired) electrons. The highest BCUT2D eigenvalue weighted by Crippen LogP contribution is 2.14. The minimum absolute atomic E-state index is 0.300. The maximum atomic E-state index is 11.4. The highest BCUT2D eigenvalue weighted by atomic mass is 16.5. The second-order valence-corrected chi connectivity index (χ2v) is 3.49. The number of H-pyrrole nitrogens is 1. The zero-order chi connectivity index (χ0) is 10.8. The van der Waals surface area contributed by atoms with Gasteiger partial charge in [0, 0.05) is 5.52 Å². The molecule has 1 aromatic heterocycles. The van der Waals surface area contributed by atoms with Gasteiger partial charge >= 0.3 is 5.97 Å². The van der Waals surface area contributed by atoms with Crippen molar-refractivity contribution < 1.29 is 9.53 Å². The zero-order valence-electron chi connectivity index (χ0n) is 8.83. The molecule has 0 aliphatic carbocycles. The lowest BCUT2D eigenvalue weighted by atomic mass is 9.95. The summed E-state index contributed by atoms with van der Waals surface area (Å²) >= 11 is 0. The number of hydrogen-bond acceptors (Lipinski definition) is 2. The zero-order valence-corrected chi connectivity index (χ0v) is 8.83. The summed E-state index contributed by atoms with van der Waals surface area (Å²) in [6, 6.07) is 7.83. The minimum Gasteiger partial charge on any atom is -0.461 e. The minimum atomic E-state index is -0.300. The van der Waals surface area contributed by atoms with Crippen LogP contribution in [0.15, 0.2) is 24.3 Å². The molecule has 0 fully saturated rings. The average molecular weight is 201 g/mol. The van der Waals surface area contributed by atoms with E-state index in [0.29, 0.717) is 12.3 Å². The highest BCUT2D eigenvalue weighted by molar-refractivity contribution is 6.33. The maximum absolute atomic E-state index is 11.4. The van der Waals surface area contributed by atoms with Crippen LogP contribution in [0.4, 0.5) is 0 Å². The molecule has 2 aromatic rings. The van der Waals surface area contributed by atoms with Crippen LogP contribution in [0, 0.1) is 0 Å². The number of rotatable bonds is 2. The van der Waals surface area contributed by atoms with Gasteiger partial charge in [-0.15, -0.1) is 0 Å². The molecule has 0 aliphatic rings. The second kappa shape index (κ2) is 3.81. The maximum Gasteiger partial charge on any atom is 0.354 e. The first kappa shape index (κ1) is 9.83. The molecule has 76 valence electrons. The van der Waals surface area contributed by atoms with Gasteiger partial charge in [-0.3, -0.25) is 0 Å². The van der Waals surface area contributed by atoms with E-state index in [0.717, 1.165) is 10.9 Å². The number of ether oxygens (including phenoxy) is 1. The van der Waals surface area contributed by atoms with Crippen molar-refractivity contribution in [2.45, 2.75) is 6.92 Å². The molecule has 0 atom stereocenters. The Hall–Kier alpha value is -1.71. The molecule has 4 heteroatoms. The second-order valence-electron chi connectivity index (χ2n) is 3.49. The lowest BCUT2D eigenvalue weighted by Crippen LogP contribution is -2.04. The third-order valence-electron chi connectivity index (χ3n) is 2.27. The number of carbonyl (C=O) groups is 1. The van der Waals surface area contributed by atoms with Crippen molar-refractivity contribution >= 4 is 30.2 Å². The number of hydrogen-bond donors (Lipinski definition) is 1. The normalized spacial score (nSPS) is 10.5. The summed E-state index contributed by atoms with van der Waals surface area (Å²) in [5.74, 6) is -0.300. The molecule has 0 spiro atoms. The Bertz CT molecular complexity index is 504. The summed E-state index contributed by atoms with van der Waals surface area (Å²) in [6.45, 7) is 2.19. The number of carbonyl (C=O) groups excluding carboxylic acids is 1. The number of fused-ring (bicyclic) bond motifs is 1. The lowest BCUT2D eigenvalue weighted by molar-refractivity contribution is 0.0520. The summed E-state index contributed by atoms with van der Waals surface area (Å²) in [6.07, 6.45) is 0. The number of benzene rings is 1. The van der Waals surface area contributed by atoms with Gasteiger partial charge in [0.15, 0.2) is 0 Å². The van der Waals surface area contributed by atoms with Crippen molar-refractivity contribution in [3.63, 3.8) is 0 Å². The first-order chi connectivity index (χ1) is 7.20. The van der Waals surface area contributed by atoms with Crippen molar-refractivity contribution in [3.05, 3.63) is 30.0 Å². The molecule has 1 aromatic carbocycles. The smallest absolute Gasteiger partial charge is 0.354 e. The molecule has 15 heavy (non-hydrogen) atoms. The molecular formula is C11H12BNO2. The Morgan fingerprint density at radius 2 is 2.27 bits per heavy atom. The SMILES string of the molecule is Bc1ccc2[nH]c(C(=O)OCC)cc2c1. The Morgan fingerprint density at radius 1 is 1.47 bits per heavy atom. The lowest BCUT2D eigenvalue weighted by Gasteiger charge is -1.96. The average Bonchev–Trinajstić information content (AvgIpc) is 2.60. The fraction of sp³-hybridized carbons (Fsp3) is 0.182. The van der Waals surface area contributed by atoms with Crippen molar-refractivity contribution in [1.29, 1.82) is 0 Å². The van der Waals surface area contributed by atoms with Crippen molar-refractivity contribution in [2.24, 2.45) is 0 Å². The van der Waals surface area contributed by atoms with Crippen LogP contribution in [0.3, 0.4) is 0 Å². The van der Waals surface area contributed by atoms with E-state index >= 15 is 0 Å². The fourth-order valence-corrected chi connectivity index (χ4v) is 1.57. The van der Waals surface area contributed by atoms with Gasteiger partial charge in [0.05, 0.1) is 6.61 Å². The van der Waals surface area contributed by atoms with Crippen LogP contribution < -0.4 is 5.46 Å². The third kappa shape index (κ3) is 1.88. The number of nitrogens with one attached hydrogen (secondary N) is 1. The van der Waals surface area contributed by atoms with Crippen molar-refractivity contribution in [3.8, 4) is 0 Å². The molecule has 0 bridgehead atoms. The van der Waals surface area contributed by atoms with E-state index in [1.165, 1.54) is 5.46 Å². The van der Waals surface area contributed by atoms with Crippen LogP contribution in [-0.2, 0) is 4.74 Å². The standard InChI is InChI=1S/C11H12BNO2/c1-2-15-11(14)10-6-7-5-8(12)3-4-9(7)13-10/h3-6,13H,2,12H2,1H3. The Labute approximate surface area is 88.8 Å². The molecular weight excluding hydrogens is 189 g/mol. The fourth-order valence-electron chi connectivity index (χ4n) is 1.57. The predicted octanol–water partition coefficient (Wildman–Crippen LogP) is 0.603. The van der Waals surface area contributed by atoms with Gasteiger partial charge in [-0.1, -0.05) is 17.6 Å². The van der Waals surface area contributed by atoms with Gasteiger partial charge in [0.1, 0.15) is 13.5 Å². The van der Waals surface area contributed by atoms with Gasteiger partial charge in [0.2, 0.25) is 0 Å². The van der Waals surface area contributed by atoms with E-state index in [9.17, 15) is 4.79 Å². The van der Waals surface area contributed by atoms with Crippen LogP contribution in [0.5, 0.6) is 0 Å². The van der Waals surface area contributed by atoms with Crippen LogP contribution >= 0.6 is 0 Å². The topological polar surface area (TPSA) is 42.1 Å². The third-order valence-corrected chi connectivity index (χ3v) is 2.27. The van der Waals surface area contributed by atoms with Gasteiger partial charge in [-0.05, 0) is 24.4 Å². The molecule has 1 N–H and O–H groups in total. The molecule has 3 nitrogen and oxygen atoms in total. The summed E-state index contributed by atoms with van der Waals surface area (Å²) < 4.78 is 4.92. The Kier molecular flexibility index (Phi) is 2.50. The molecule has 0 amide bonds. The van der Waals surface area contributed by atoms with Crippen LogP contribution in [0.25, 0.3) is 10.9 Å². The highest BCUT2D eigenvalue weighted by Gasteiger charge is 2.09. The van der Waals surface area contributed by atoms with Gasteiger partial charge < -0.3 is 9.72 Å². The largest absolute Gasteiger partial charge is 0.461 e. The van der Waals surface area contributed by atoms with Crippen LogP contribution in [0.2, 0.25) is 0 Å². The quantitative estimate of drug-likeness (QED) is 0.571. The van der Waals surface area contributed by atoms with Crippen LogP contribution in [-0.4, -0.2) is 25.4 Å². The number of aromatic amines is 1. The van der Waals surface area contributed by atoms with Crippen molar-refractivity contribution in [1.82, 2.24) is 4.98 Å². The van der Waals surface area contributed by atoms with Crippen molar-refractivity contribution in [2.75, 3.05) is 6.61 Å². The Balaban J connectivity index is 2.42. The summed E-state index contributed by atoms with van der Waals surface area (Å²) in [4.78, 5) is 14.5. The summed E-state index contributed by atoms with van der Waals surface area (Å²) in [5.41, 5.74) is 2.65. The van der Waals surface area contributed by atoms with E-state index in [-0.39, 0.29) is 5.97 Å². The first-order valence-electron chi connectivity index (χ1n) is 4.97. The predicted molar refractivity (Wildman–Crippen MR) is 62.4 cm³/mol. The van der Waals surface area contributed by atoms with Gasteiger partial charge in [0.25, 0.3) is 0 Å². The first-order valence-corrected chi connectivity index (χ1v) is 4.97. The summed E-state index contributed by atoms with van der Waals surface area (Å²) in [7, 11) is 2.02. The molecule has 2 rings (SSSR count). The van der Waals surface area contributed by atoms with E-state index in [2.05, 4.69) is 4.98 Å². The number of aromatic nitrogens is 1. The van der Waals surface area contributed by atoms with Crippen LogP contribution in [0.1, 0.15) is 17.4 Å². The Morgan fingerprint density at radius 3 is 3.00 bits per heavy atom. The number of esters is 1. The van der Waals surface area contributed by atoms with Gasteiger partial charge in [-0.25, -0.2) is 4.79 Å². The molecule has 0 aliphatic heterocycles. The molecule has 0 saturated heterocycles. The summed E-state index contributed by atoms with van der Waals surface area (Å²) in [5, 5.41) is 1.04.